The molecule has 0 aromatic heterocycles. The summed E-state index contributed by atoms with van der Waals surface area (Å²) in [6.07, 6.45) is 0. The molecule has 0 aliphatic heterocycles. The van der Waals surface area contributed by atoms with Crippen LogP contribution in [-0.4, -0.2) is 10.7 Å². The highest BCUT2D eigenvalue weighted by Crippen LogP contribution is 1.80. The zero-order valence-electron chi connectivity index (χ0n) is 2.35. The van der Waals surface area contributed by atoms with Crippen molar-refractivity contribution >= 4 is 11.6 Å². The molecule has 0 rings (SSSR count). The van der Waals surface area contributed by atoms with E-state index in [1.54, 1.807) is 0 Å². The second-order valence-electron chi connectivity index (χ2n) is 0.465. The largest absolute Gasteiger partial charge is 0.366 e. The SMILES string of the molecule is N#CC(O)Cl. The molecular weight excluding hydrogens is 89.5 g/mol. The Balaban J connectivity index is 2.94. The third kappa shape index (κ3) is 3.74. The number of aliphatic hydroxyl groups excluding tert-OH is 1. The Hall–Kier alpha value is -0.260. The van der Waals surface area contributed by atoms with Gasteiger partial charge < -0.3 is 5.11 Å². The normalized spacial score (nSPS) is 13.0. The molecule has 0 aromatic carbocycles. The number of hydrogen-bond donors (Lipinski definition) is 1. The molecule has 3 heteroatoms. The topological polar surface area (TPSA) is 44.0 Å². The monoisotopic (exact) mass is 91.0 g/mol. The molecule has 0 saturated heterocycles. The Morgan fingerprint density at radius 3 is 2.20 bits per heavy atom. The van der Waals surface area contributed by atoms with Crippen molar-refractivity contribution in [1.29, 1.82) is 5.26 Å². The molecule has 2 nitrogen and oxygen atoms in total. The zero-order valence-corrected chi connectivity index (χ0v) is 3.11. The van der Waals surface area contributed by atoms with E-state index in [4.69, 9.17) is 10.4 Å². The standard InChI is InChI=1S/C2H2ClNO/c3-2(5)1-4/h2,5H. The summed E-state index contributed by atoms with van der Waals surface area (Å²) in [6, 6.07) is 1.35. The van der Waals surface area contributed by atoms with Gasteiger partial charge in [0.2, 0.25) is 5.56 Å². The summed E-state index contributed by atoms with van der Waals surface area (Å²) in [7, 11) is 0. The first-order valence-electron chi connectivity index (χ1n) is 0.989. The van der Waals surface area contributed by atoms with Crippen LogP contribution in [0.3, 0.4) is 0 Å². The van der Waals surface area contributed by atoms with Crippen LogP contribution < -0.4 is 0 Å². The van der Waals surface area contributed by atoms with Gasteiger partial charge in [0.05, 0.1) is 0 Å². The molecular formula is C2H2ClNO. The summed E-state index contributed by atoms with van der Waals surface area (Å²) in [5, 5.41) is 15.3. The average molecular weight is 91.5 g/mol. The first kappa shape index (κ1) is 4.74. The quantitative estimate of drug-likeness (QED) is 0.339. The molecule has 0 fully saturated rings. The van der Waals surface area contributed by atoms with Crippen molar-refractivity contribution in [3.63, 3.8) is 0 Å². The van der Waals surface area contributed by atoms with Gasteiger partial charge in [-0.25, -0.2) is 0 Å². The summed E-state index contributed by atoms with van der Waals surface area (Å²) in [6.45, 7) is 0. The summed E-state index contributed by atoms with van der Waals surface area (Å²) in [5.41, 5.74) is -1.34. The fraction of sp³-hybridized carbons (Fsp3) is 0.500. The summed E-state index contributed by atoms with van der Waals surface area (Å²) in [5.74, 6) is 0. The molecule has 28 valence electrons. The minimum atomic E-state index is -1.34. The average Bonchev–Trinajstić information content (AvgIpc) is 1.38. The van der Waals surface area contributed by atoms with Gasteiger partial charge >= 0.3 is 0 Å². The van der Waals surface area contributed by atoms with Gasteiger partial charge in [-0.15, -0.1) is 0 Å². The minimum absolute atomic E-state index is 1.34. The second-order valence-corrected chi connectivity index (χ2v) is 0.878. The van der Waals surface area contributed by atoms with Gasteiger partial charge in [-0.05, 0) is 0 Å². The maximum Gasteiger partial charge on any atom is 0.216 e. The van der Waals surface area contributed by atoms with Crippen molar-refractivity contribution < 1.29 is 5.11 Å². The highest BCUT2D eigenvalue weighted by molar-refractivity contribution is 6.21. The van der Waals surface area contributed by atoms with Gasteiger partial charge in [-0.2, -0.15) is 5.26 Å². The van der Waals surface area contributed by atoms with Crippen molar-refractivity contribution in [1.82, 2.24) is 0 Å². The predicted octanol–water partition coefficient (Wildman–Crippen LogP) is 0.0672. The van der Waals surface area contributed by atoms with Crippen molar-refractivity contribution in [3.05, 3.63) is 0 Å². The number of halogens is 1. The zero-order chi connectivity index (χ0) is 4.28. The van der Waals surface area contributed by atoms with Crippen molar-refractivity contribution in [2.24, 2.45) is 0 Å². The molecule has 0 bridgehead atoms. The van der Waals surface area contributed by atoms with Crippen molar-refractivity contribution in [2.75, 3.05) is 0 Å². The van der Waals surface area contributed by atoms with Gasteiger partial charge in [-0.1, -0.05) is 11.6 Å². The van der Waals surface area contributed by atoms with Crippen LogP contribution in [0, 0.1) is 11.3 Å². The number of hydrogen-bond acceptors (Lipinski definition) is 2. The Bertz CT molecular complexity index is 55.2. The van der Waals surface area contributed by atoms with E-state index in [0.717, 1.165) is 0 Å². The number of nitrogens with zero attached hydrogens (tertiary/aromatic N) is 1. The first-order chi connectivity index (χ1) is 2.27. The number of alkyl halides is 1. The lowest BCUT2D eigenvalue weighted by Gasteiger charge is -1.73. The third-order valence-electron chi connectivity index (χ3n) is 0.107. The van der Waals surface area contributed by atoms with Crippen LogP contribution in [0.2, 0.25) is 0 Å². The van der Waals surface area contributed by atoms with Gasteiger partial charge in [0.25, 0.3) is 0 Å². The summed E-state index contributed by atoms with van der Waals surface area (Å²) in [4.78, 5) is 0. The van der Waals surface area contributed by atoms with E-state index in [1.807, 2.05) is 0 Å². The molecule has 0 amide bonds. The van der Waals surface area contributed by atoms with Crippen LogP contribution in [0.5, 0.6) is 0 Å². The summed E-state index contributed by atoms with van der Waals surface area (Å²) < 4.78 is 0. The molecule has 5 heavy (non-hydrogen) atoms. The fourth-order valence-electron chi connectivity index (χ4n) is 0. The van der Waals surface area contributed by atoms with E-state index < -0.39 is 5.56 Å². The maximum absolute atomic E-state index is 7.77. The predicted molar refractivity (Wildman–Crippen MR) is 17.5 cm³/mol. The van der Waals surface area contributed by atoms with Crippen LogP contribution >= 0.6 is 11.6 Å². The van der Waals surface area contributed by atoms with Crippen LogP contribution in [0.1, 0.15) is 0 Å². The summed E-state index contributed by atoms with van der Waals surface area (Å²) >= 11 is 4.66. The van der Waals surface area contributed by atoms with Gasteiger partial charge in [0, 0.05) is 0 Å². The van der Waals surface area contributed by atoms with Crippen LogP contribution in [0.15, 0.2) is 0 Å². The molecule has 1 unspecified atom stereocenters. The fourth-order valence-corrected chi connectivity index (χ4v) is 0. The van der Waals surface area contributed by atoms with E-state index in [9.17, 15) is 0 Å². The van der Waals surface area contributed by atoms with Crippen LogP contribution in [0.25, 0.3) is 0 Å². The number of aliphatic hydroxyl groups is 1. The smallest absolute Gasteiger partial charge is 0.216 e. The first-order valence-corrected chi connectivity index (χ1v) is 1.43. The lowest BCUT2D eigenvalue weighted by Crippen LogP contribution is -1.84. The molecule has 0 saturated carbocycles. The van der Waals surface area contributed by atoms with Gasteiger partial charge in [0.1, 0.15) is 6.07 Å². The van der Waals surface area contributed by atoms with E-state index in [0.29, 0.717) is 0 Å². The Kier molecular flexibility index (Phi) is 1.90. The highest BCUT2D eigenvalue weighted by Gasteiger charge is 1.84. The van der Waals surface area contributed by atoms with Gasteiger partial charge in [-0.3, -0.25) is 0 Å². The lowest BCUT2D eigenvalue weighted by molar-refractivity contribution is 0.309. The molecule has 0 aliphatic carbocycles. The Labute approximate surface area is 34.6 Å². The minimum Gasteiger partial charge on any atom is -0.366 e. The van der Waals surface area contributed by atoms with Crippen LogP contribution in [0.4, 0.5) is 0 Å². The van der Waals surface area contributed by atoms with Crippen molar-refractivity contribution in [3.8, 4) is 6.07 Å². The molecule has 0 aromatic rings. The molecule has 1 N–H and O–H groups in total. The Morgan fingerprint density at radius 1 is 2.00 bits per heavy atom. The molecule has 0 radical (unpaired) electrons. The second kappa shape index (κ2) is 2.01. The number of nitriles is 1. The molecule has 0 spiro atoms. The van der Waals surface area contributed by atoms with E-state index in [2.05, 4.69) is 11.6 Å². The molecule has 1 atom stereocenters. The molecule has 0 heterocycles. The Morgan fingerprint density at radius 2 is 2.20 bits per heavy atom. The van der Waals surface area contributed by atoms with Gasteiger partial charge in [0.15, 0.2) is 0 Å². The van der Waals surface area contributed by atoms with Crippen LogP contribution in [-0.2, 0) is 0 Å². The lowest BCUT2D eigenvalue weighted by atomic mass is 10.8. The van der Waals surface area contributed by atoms with Crippen molar-refractivity contribution in [2.45, 2.75) is 5.56 Å². The third-order valence-corrected chi connectivity index (χ3v) is 0.204. The van der Waals surface area contributed by atoms with E-state index in [1.165, 1.54) is 6.07 Å². The maximum atomic E-state index is 7.77. The van der Waals surface area contributed by atoms with E-state index >= 15 is 0 Å². The van der Waals surface area contributed by atoms with E-state index in [-0.39, 0.29) is 0 Å². The number of rotatable bonds is 0. The highest BCUT2D eigenvalue weighted by atomic mass is 35.5. The molecule has 0 aliphatic rings.